The highest BCUT2D eigenvalue weighted by atomic mass is 32.1. The Bertz CT molecular complexity index is 1000. The van der Waals surface area contributed by atoms with Crippen LogP contribution in [0.1, 0.15) is 24.8 Å². The number of fused-ring (bicyclic) bond motifs is 1. The topological polar surface area (TPSA) is 81.9 Å². The minimum absolute atomic E-state index is 0.0201. The minimum atomic E-state index is -0.160. The van der Waals surface area contributed by atoms with Gasteiger partial charge in [-0.05, 0) is 43.0 Å². The lowest BCUT2D eigenvalue weighted by molar-refractivity contribution is -0.123. The second-order valence-electron chi connectivity index (χ2n) is 6.88. The third-order valence-electron chi connectivity index (χ3n) is 4.77. The molecule has 3 heterocycles. The fraction of sp³-hybridized carbons (Fsp3) is 0.450. The number of hydrogen-bond donors (Lipinski definition) is 1. The van der Waals surface area contributed by atoms with E-state index < -0.39 is 0 Å². The maximum atomic E-state index is 12.4. The predicted molar refractivity (Wildman–Crippen MR) is 106 cm³/mol. The SMILES string of the molecule is O=C(COc1ccc(/C=c2/sc3n(c2=O)CCCN=3)cc1)NC[C@@H]1CCCO1. The number of rotatable bonds is 6. The van der Waals surface area contributed by atoms with E-state index in [0.29, 0.717) is 16.8 Å². The van der Waals surface area contributed by atoms with Crippen LogP contribution in [0.5, 0.6) is 5.75 Å². The van der Waals surface area contributed by atoms with Crippen LogP contribution in [-0.4, -0.2) is 42.9 Å². The Hall–Kier alpha value is -2.45. The van der Waals surface area contributed by atoms with Crippen LogP contribution >= 0.6 is 11.3 Å². The van der Waals surface area contributed by atoms with Crippen molar-refractivity contribution in [3.05, 3.63) is 49.5 Å². The van der Waals surface area contributed by atoms with Crippen LogP contribution in [-0.2, 0) is 16.1 Å². The fourth-order valence-corrected chi connectivity index (χ4v) is 4.30. The lowest BCUT2D eigenvalue weighted by Crippen LogP contribution is -2.35. The van der Waals surface area contributed by atoms with E-state index in [9.17, 15) is 9.59 Å². The molecule has 28 heavy (non-hydrogen) atoms. The Morgan fingerprint density at radius 2 is 2.21 bits per heavy atom. The summed E-state index contributed by atoms with van der Waals surface area (Å²) in [5.41, 5.74) is 0.929. The average molecular weight is 401 g/mol. The molecule has 2 aliphatic heterocycles. The summed E-state index contributed by atoms with van der Waals surface area (Å²) >= 11 is 1.42. The van der Waals surface area contributed by atoms with Gasteiger partial charge in [0.25, 0.3) is 11.5 Å². The smallest absolute Gasteiger partial charge is 0.270 e. The normalized spacial score (nSPS) is 19.1. The van der Waals surface area contributed by atoms with Gasteiger partial charge in [0.2, 0.25) is 0 Å². The quantitative estimate of drug-likeness (QED) is 0.761. The number of nitrogens with one attached hydrogen (secondary N) is 1. The van der Waals surface area contributed by atoms with Crippen molar-refractivity contribution in [2.75, 3.05) is 26.3 Å². The van der Waals surface area contributed by atoms with Gasteiger partial charge in [0, 0.05) is 26.2 Å². The number of carbonyl (C=O) groups excluding carboxylic acids is 1. The van der Waals surface area contributed by atoms with E-state index in [1.165, 1.54) is 11.3 Å². The van der Waals surface area contributed by atoms with E-state index in [0.717, 1.165) is 49.3 Å². The van der Waals surface area contributed by atoms with E-state index in [2.05, 4.69) is 10.3 Å². The molecule has 7 nitrogen and oxygen atoms in total. The second kappa shape index (κ2) is 8.70. The highest BCUT2D eigenvalue weighted by Crippen LogP contribution is 2.13. The number of amides is 1. The minimum Gasteiger partial charge on any atom is -0.484 e. The molecule has 0 spiro atoms. The summed E-state index contributed by atoms with van der Waals surface area (Å²) in [5, 5.41) is 2.83. The molecule has 1 atom stereocenters. The first-order chi connectivity index (χ1) is 13.7. The van der Waals surface area contributed by atoms with Gasteiger partial charge in [0.05, 0.1) is 10.6 Å². The second-order valence-corrected chi connectivity index (χ2v) is 7.89. The Labute approximate surface area is 166 Å². The van der Waals surface area contributed by atoms with Crippen molar-refractivity contribution in [3.63, 3.8) is 0 Å². The van der Waals surface area contributed by atoms with Gasteiger partial charge >= 0.3 is 0 Å². The number of carbonyl (C=O) groups is 1. The van der Waals surface area contributed by atoms with Gasteiger partial charge < -0.3 is 14.8 Å². The Morgan fingerprint density at radius 1 is 1.36 bits per heavy atom. The van der Waals surface area contributed by atoms with Crippen LogP contribution in [0.15, 0.2) is 34.1 Å². The molecule has 1 aromatic carbocycles. The zero-order chi connectivity index (χ0) is 19.3. The Kier molecular flexibility index (Phi) is 5.87. The maximum absolute atomic E-state index is 12.4. The molecule has 1 aromatic heterocycles. The summed E-state index contributed by atoms with van der Waals surface area (Å²) in [6.45, 7) is 2.80. The van der Waals surface area contributed by atoms with Gasteiger partial charge in [-0.15, -0.1) is 0 Å². The van der Waals surface area contributed by atoms with E-state index >= 15 is 0 Å². The maximum Gasteiger partial charge on any atom is 0.270 e. The van der Waals surface area contributed by atoms with Gasteiger partial charge in [0.15, 0.2) is 11.4 Å². The van der Waals surface area contributed by atoms with Crippen molar-refractivity contribution in [1.29, 1.82) is 0 Å². The van der Waals surface area contributed by atoms with Gasteiger partial charge in [-0.3, -0.25) is 19.1 Å². The zero-order valence-electron chi connectivity index (χ0n) is 15.6. The van der Waals surface area contributed by atoms with E-state index in [4.69, 9.17) is 9.47 Å². The molecule has 1 saturated heterocycles. The van der Waals surface area contributed by atoms with Gasteiger partial charge in [-0.2, -0.15) is 0 Å². The Morgan fingerprint density at radius 3 is 2.96 bits per heavy atom. The molecule has 8 heteroatoms. The van der Waals surface area contributed by atoms with Gasteiger partial charge in [-0.1, -0.05) is 23.5 Å². The van der Waals surface area contributed by atoms with Crippen molar-refractivity contribution in [2.45, 2.75) is 31.9 Å². The molecule has 4 rings (SSSR count). The molecular formula is C20H23N3O4S. The van der Waals surface area contributed by atoms with Gasteiger partial charge in [-0.25, -0.2) is 0 Å². The molecule has 2 aromatic rings. The first kappa shape index (κ1) is 18.9. The molecule has 0 radical (unpaired) electrons. The van der Waals surface area contributed by atoms with Crippen molar-refractivity contribution >= 4 is 23.3 Å². The fourth-order valence-electron chi connectivity index (χ4n) is 3.27. The standard InChI is InChI=1S/C20H23N3O4S/c24-18(22-12-16-3-1-10-26-16)13-27-15-6-4-14(5-7-15)11-17-19(25)23-9-2-8-21-20(23)28-17/h4-7,11,16H,1-3,8-10,12-13H2,(H,22,24)/b17-11+/t16-/m0/s1. The monoisotopic (exact) mass is 401 g/mol. The average Bonchev–Trinajstić information content (AvgIpc) is 3.35. The number of thiazole rings is 1. The summed E-state index contributed by atoms with van der Waals surface area (Å²) in [4.78, 5) is 29.5. The molecule has 0 aliphatic carbocycles. The zero-order valence-corrected chi connectivity index (χ0v) is 16.4. The largest absolute Gasteiger partial charge is 0.484 e. The van der Waals surface area contributed by atoms with Gasteiger partial charge in [0.1, 0.15) is 5.75 Å². The first-order valence-corrected chi connectivity index (χ1v) is 10.4. The number of benzene rings is 1. The molecule has 1 N–H and O–H groups in total. The molecule has 0 saturated carbocycles. The lowest BCUT2D eigenvalue weighted by Gasteiger charge is -2.11. The van der Waals surface area contributed by atoms with Crippen LogP contribution in [0, 0.1) is 0 Å². The van der Waals surface area contributed by atoms with E-state index in [1.807, 2.05) is 18.2 Å². The van der Waals surface area contributed by atoms with E-state index in [1.54, 1.807) is 16.7 Å². The lowest BCUT2D eigenvalue weighted by atomic mass is 10.2. The highest BCUT2D eigenvalue weighted by Gasteiger charge is 2.16. The molecule has 1 fully saturated rings. The van der Waals surface area contributed by atoms with Crippen molar-refractivity contribution < 1.29 is 14.3 Å². The van der Waals surface area contributed by atoms with Crippen molar-refractivity contribution in [2.24, 2.45) is 4.99 Å². The summed E-state index contributed by atoms with van der Waals surface area (Å²) in [6, 6.07) is 7.35. The first-order valence-electron chi connectivity index (χ1n) is 9.56. The summed E-state index contributed by atoms with van der Waals surface area (Å²) < 4.78 is 13.4. The van der Waals surface area contributed by atoms with Crippen LogP contribution in [0.25, 0.3) is 6.08 Å². The number of nitrogens with zero attached hydrogens (tertiary/aromatic N) is 2. The third kappa shape index (κ3) is 4.51. The van der Waals surface area contributed by atoms with Crippen LogP contribution in [0.3, 0.4) is 0 Å². The van der Waals surface area contributed by atoms with Crippen LogP contribution < -0.4 is 24.9 Å². The molecule has 1 amide bonds. The van der Waals surface area contributed by atoms with Crippen LogP contribution in [0.4, 0.5) is 0 Å². The summed E-state index contributed by atoms with van der Waals surface area (Å²) in [6.07, 6.45) is 4.95. The molecule has 0 bridgehead atoms. The Balaban J connectivity index is 1.34. The highest BCUT2D eigenvalue weighted by molar-refractivity contribution is 7.07. The van der Waals surface area contributed by atoms with E-state index in [-0.39, 0.29) is 24.2 Å². The van der Waals surface area contributed by atoms with Crippen LogP contribution in [0.2, 0.25) is 0 Å². The number of hydrogen-bond acceptors (Lipinski definition) is 6. The molecule has 0 unspecified atom stereocenters. The predicted octanol–water partition coefficient (Wildman–Crippen LogP) is 0.436. The van der Waals surface area contributed by atoms with Crippen molar-refractivity contribution in [1.82, 2.24) is 9.88 Å². The number of ether oxygens (including phenoxy) is 2. The summed E-state index contributed by atoms with van der Waals surface area (Å²) in [5.74, 6) is 0.452. The molecule has 2 aliphatic rings. The summed E-state index contributed by atoms with van der Waals surface area (Å²) in [7, 11) is 0. The number of aromatic nitrogens is 1. The van der Waals surface area contributed by atoms with Crippen molar-refractivity contribution in [3.8, 4) is 5.75 Å². The third-order valence-corrected chi connectivity index (χ3v) is 5.82. The molecular weight excluding hydrogens is 378 g/mol. The molecule has 148 valence electrons.